The molecule has 2 amide bonds. The molecule has 1 aromatic carbocycles. The predicted molar refractivity (Wildman–Crippen MR) is 83.5 cm³/mol. The summed E-state index contributed by atoms with van der Waals surface area (Å²) in [6, 6.07) is 6.82. The Balaban J connectivity index is 2.77. The first-order valence-electron chi connectivity index (χ1n) is 7.07. The van der Waals surface area contributed by atoms with E-state index in [-0.39, 0.29) is 5.91 Å². The first kappa shape index (κ1) is 17.0. The molecule has 0 aliphatic carbocycles. The third-order valence-electron chi connectivity index (χ3n) is 3.15. The van der Waals surface area contributed by atoms with Gasteiger partial charge in [-0.3, -0.25) is 4.79 Å². The van der Waals surface area contributed by atoms with Gasteiger partial charge in [0, 0.05) is 31.3 Å². The predicted octanol–water partition coefficient (Wildman–Crippen LogP) is 3.51. The van der Waals surface area contributed by atoms with Gasteiger partial charge in [0.25, 0.3) is 0 Å². The van der Waals surface area contributed by atoms with E-state index in [1.165, 1.54) is 4.90 Å². The highest BCUT2D eigenvalue weighted by Crippen LogP contribution is 2.25. The largest absolute Gasteiger partial charge is 0.414 e. The first-order valence-corrected chi connectivity index (χ1v) is 7.07. The van der Waals surface area contributed by atoms with Crippen LogP contribution in [0.5, 0.6) is 5.75 Å². The van der Waals surface area contributed by atoms with E-state index in [2.05, 4.69) is 12.2 Å². The van der Waals surface area contributed by atoms with Crippen molar-refractivity contribution in [3.63, 3.8) is 0 Å². The summed E-state index contributed by atoms with van der Waals surface area (Å²) >= 11 is 0. The van der Waals surface area contributed by atoms with Gasteiger partial charge in [-0.1, -0.05) is 33.3 Å². The molecule has 116 valence electrons. The van der Waals surface area contributed by atoms with Gasteiger partial charge in [-0.15, -0.1) is 0 Å². The molecule has 5 heteroatoms. The lowest BCUT2D eigenvalue weighted by molar-refractivity contribution is -0.124. The molecule has 0 aromatic heterocycles. The average molecular weight is 292 g/mol. The molecule has 0 atom stereocenters. The molecule has 0 bridgehead atoms. The summed E-state index contributed by atoms with van der Waals surface area (Å²) in [5.74, 6) is 0.361. The fourth-order valence-corrected chi connectivity index (χ4v) is 1.87. The zero-order chi connectivity index (χ0) is 16.0. The van der Waals surface area contributed by atoms with Crippen molar-refractivity contribution in [2.24, 2.45) is 5.41 Å². The molecule has 0 saturated carbocycles. The Morgan fingerprint density at radius 1 is 1.29 bits per heavy atom. The van der Waals surface area contributed by atoms with E-state index in [1.54, 1.807) is 38.4 Å². The number of rotatable bonds is 5. The molecule has 1 aromatic rings. The molecular weight excluding hydrogens is 268 g/mol. The van der Waals surface area contributed by atoms with Crippen molar-refractivity contribution in [2.45, 2.75) is 33.6 Å². The molecule has 0 aliphatic heterocycles. The average Bonchev–Trinajstić information content (AvgIpc) is 2.38. The second-order valence-electron chi connectivity index (χ2n) is 5.88. The number of benzene rings is 1. The maximum Gasteiger partial charge on any atom is 0.414 e. The van der Waals surface area contributed by atoms with E-state index in [9.17, 15) is 9.59 Å². The molecule has 0 fully saturated rings. The van der Waals surface area contributed by atoms with Crippen LogP contribution < -0.4 is 10.1 Å². The van der Waals surface area contributed by atoms with Crippen LogP contribution in [-0.4, -0.2) is 31.0 Å². The minimum Gasteiger partial charge on any atom is -0.410 e. The quantitative estimate of drug-likeness (QED) is 0.903. The van der Waals surface area contributed by atoms with Crippen LogP contribution in [0.15, 0.2) is 24.3 Å². The number of hydrogen-bond acceptors (Lipinski definition) is 3. The van der Waals surface area contributed by atoms with Gasteiger partial charge in [-0.05, 0) is 18.6 Å². The van der Waals surface area contributed by atoms with Gasteiger partial charge in [0.05, 0.1) is 0 Å². The number of anilines is 1. The number of carbonyl (C=O) groups excluding carboxylic acids is 2. The number of ether oxygens (including phenoxy) is 1. The molecular formula is C16H24N2O3. The Bertz CT molecular complexity index is 510. The fourth-order valence-electron chi connectivity index (χ4n) is 1.87. The molecule has 0 aliphatic rings. The highest BCUT2D eigenvalue weighted by Gasteiger charge is 2.26. The van der Waals surface area contributed by atoms with E-state index in [1.807, 2.05) is 13.8 Å². The van der Waals surface area contributed by atoms with Crippen molar-refractivity contribution in [3.05, 3.63) is 24.3 Å². The summed E-state index contributed by atoms with van der Waals surface area (Å²) in [6.45, 7) is 5.89. The van der Waals surface area contributed by atoms with Crippen LogP contribution in [0.25, 0.3) is 0 Å². The molecule has 1 N–H and O–H groups in total. The maximum absolute atomic E-state index is 12.2. The van der Waals surface area contributed by atoms with Gasteiger partial charge < -0.3 is 15.0 Å². The van der Waals surface area contributed by atoms with E-state index < -0.39 is 11.5 Å². The van der Waals surface area contributed by atoms with Gasteiger partial charge in [0.15, 0.2) is 0 Å². The minimum absolute atomic E-state index is 0.0413. The SMILES string of the molecule is CCCC(C)(C)C(=O)Nc1cccc(OC(=O)N(C)C)c1. The smallest absolute Gasteiger partial charge is 0.410 e. The maximum atomic E-state index is 12.2. The molecule has 0 radical (unpaired) electrons. The Labute approximate surface area is 126 Å². The number of hydrogen-bond donors (Lipinski definition) is 1. The van der Waals surface area contributed by atoms with Crippen molar-refractivity contribution in [1.29, 1.82) is 0 Å². The Morgan fingerprint density at radius 2 is 1.95 bits per heavy atom. The summed E-state index contributed by atoms with van der Waals surface area (Å²) in [7, 11) is 3.22. The van der Waals surface area contributed by atoms with Crippen LogP contribution in [0.1, 0.15) is 33.6 Å². The molecule has 21 heavy (non-hydrogen) atoms. The van der Waals surface area contributed by atoms with Crippen molar-refractivity contribution >= 4 is 17.7 Å². The molecule has 0 saturated heterocycles. The van der Waals surface area contributed by atoms with Crippen molar-refractivity contribution in [1.82, 2.24) is 4.90 Å². The zero-order valence-corrected chi connectivity index (χ0v) is 13.4. The number of carbonyl (C=O) groups is 2. The molecule has 0 heterocycles. The number of nitrogens with one attached hydrogen (secondary N) is 1. The van der Waals surface area contributed by atoms with E-state index in [0.717, 1.165) is 12.8 Å². The normalized spacial score (nSPS) is 10.9. The third-order valence-corrected chi connectivity index (χ3v) is 3.15. The minimum atomic E-state index is -0.454. The van der Waals surface area contributed by atoms with Crippen LogP contribution in [0.3, 0.4) is 0 Å². The number of amides is 2. The zero-order valence-electron chi connectivity index (χ0n) is 13.4. The number of nitrogens with zero attached hydrogens (tertiary/aromatic N) is 1. The van der Waals surface area contributed by atoms with Gasteiger partial charge in [0.2, 0.25) is 5.91 Å². The summed E-state index contributed by atoms with van der Waals surface area (Å²) in [5.41, 5.74) is 0.193. The van der Waals surface area contributed by atoms with E-state index in [0.29, 0.717) is 11.4 Å². The van der Waals surface area contributed by atoms with E-state index in [4.69, 9.17) is 4.74 Å². The molecule has 0 unspecified atom stereocenters. The molecule has 0 spiro atoms. The van der Waals surface area contributed by atoms with Crippen molar-refractivity contribution in [3.8, 4) is 5.75 Å². The lowest BCUT2D eigenvalue weighted by Crippen LogP contribution is -2.30. The van der Waals surface area contributed by atoms with Crippen LogP contribution in [0.2, 0.25) is 0 Å². The van der Waals surface area contributed by atoms with Gasteiger partial charge in [-0.25, -0.2) is 4.79 Å². The Morgan fingerprint density at radius 3 is 2.52 bits per heavy atom. The molecule has 1 rings (SSSR count). The third kappa shape index (κ3) is 5.10. The highest BCUT2D eigenvalue weighted by molar-refractivity contribution is 5.95. The summed E-state index contributed by atoms with van der Waals surface area (Å²) < 4.78 is 5.17. The lowest BCUT2D eigenvalue weighted by atomic mass is 9.87. The Kier molecular flexibility index (Phi) is 5.76. The Hall–Kier alpha value is -2.04. The van der Waals surface area contributed by atoms with E-state index >= 15 is 0 Å². The van der Waals surface area contributed by atoms with Gasteiger partial charge in [-0.2, -0.15) is 0 Å². The topological polar surface area (TPSA) is 58.6 Å². The van der Waals surface area contributed by atoms with Crippen molar-refractivity contribution < 1.29 is 14.3 Å². The molecule has 5 nitrogen and oxygen atoms in total. The fraction of sp³-hybridized carbons (Fsp3) is 0.500. The second kappa shape index (κ2) is 7.11. The standard InChI is InChI=1S/C16H24N2O3/c1-6-10-16(2,3)14(19)17-12-8-7-9-13(11-12)21-15(20)18(4)5/h7-9,11H,6,10H2,1-5H3,(H,17,19). The van der Waals surface area contributed by atoms with Gasteiger partial charge >= 0.3 is 6.09 Å². The second-order valence-corrected chi connectivity index (χ2v) is 5.88. The summed E-state index contributed by atoms with van der Waals surface area (Å²) in [5, 5.41) is 2.87. The summed E-state index contributed by atoms with van der Waals surface area (Å²) in [6.07, 6.45) is 1.31. The highest BCUT2D eigenvalue weighted by atomic mass is 16.6. The van der Waals surface area contributed by atoms with Gasteiger partial charge in [0.1, 0.15) is 5.75 Å². The van der Waals surface area contributed by atoms with Crippen LogP contribution in [-0.2, 0) is 4.79 Å². The lowest BCUT2D eigenvalue weighted by Gasteiger charge is -2.23. The van der Waals surface area contributed by atoms with Crippen LogP contribution in [0.4, 0.5) is 10.5 Å². The van der Waals surface area contributed by atoms with Crippen molar-refractivity contribution in [2.75, 3.05) is 19.4 Å². The monoisotopic (exact) mass is 292 g/mol. The first-order chi connectivity index (χ1) is 9.76. The summed E-state index contributed by atoms with van der Waals surface area (Å²) in [4.78, 5) is 25.1. The van der Waals surface area contributed by atoms with Crippen LogP contribution >= 0.6 is 0 Å². The van der Waals surface area contributed by atoms with Crippen LogP contribution in [0, 0.1) is 5.41 Å².